The predicted octanol–water partition coefficient (Wildman–Crippen LogP) is 9.09. The summed E-state index contributed by atoms with van der Waals surface area (Å²) in [6.07, 6.45) is 0. The Labute approximate surface area is 169 Å². The van der Waals surface area contributed by atoms with Gasteiger partial charge in [0.1, 0.15) is 0 Å². The van der Waals surface area contributed by atoms with E-state index in [-0.39, 0.29) is 10.9 Å². The molecule has 0 unspecified atom stereocenters. The van der Waals surface area contributed by atoms with Gasteiger partial charge in [0, 0.05) is 0 Å². The van der Waals surface area contributed by atoms with Gasteiger partial charge in [0.25, 0.3) is 0 Å². The quantitative estimate of drug-likeness (QED) is 0.212. The van der Waals surface area contributed by atoms with Gasteiger partial charge in [-0.1, -0.05) is 53.1 Å². The molecule has 0 heterocycles. The van der Waals surface area contributed by atoms with Crippen LogP contribution in [0.15, 0.2) is 87.5 Å². The van der Waals surface area contributed by atoms with E-state index in [1.54, 1.807) is 0 Å². The van der Waals surface area contributed by atoms with Crippen molar-refractivity contribution in [2.75, 3.05) is 0 Å². The zero-order valence-corrected chi connectivity index (χ0v) is 17.8. The number of benzene rings is 3. The number of aryl methyl sites for hydroxylation is 3. The van der Waals surface area contributed by atoms with Crippen molar-refractivity contribution in [2.45, 2.75) is 35.5 Å². The Balaban J connectivity index is 0.000000370. The van der Waals surface area contributed by atoms with Crippen LogP contribution in [0.3, 0.4) is 0 Å². The molecule has 0 aliphatic carbocycles. The normalized spacial score (nSPS) is 13.9. The van der Waals surface area contributed by atoms with Crippen molar-refractivity contribution in [3.05, 3.63) is 89.5 Å². The van der Waals surface area contributed by atoms with Gasteiger partial charge in [-0.3, -0.25) is 0 Å². The summed E-state index contributed by atoms with van der Waals surface area (Å²) < 4.78 is 59.2. The minimum absolute atomic E-state index is 0.0394. The average Bonchev–Trinajstić information content (AvgIpc) is 2.57. The molecule has 0 saturated heterocycles. The third-order valence-corrected chi connectivity index (χ3v) is 6.00. The second kappa shape index (κ2) is 7.69. The molecule has 0 spiro atoms. The van der Waals surface area contributed by atoms with E-state index < -0.39 is 7.81 Å². The van der Waals surface area contributed by atoms with E-state index in [2.05, 4.69) is 93.6 Å². The van der Waals surface area contributed by atoms with E-state index in [1.807, 2.05) is 0 Å². The first-order valence-electron chi connectivity index (χ1n) is 8.59. The number of rotatable bonds is 3. The molecular weight excluding hydrogens is 429 g/mol. The molecule has 0 saturated carbocycles. The van der Waals surface area contributed by atoms with Gasteiger partial charge in [-0.15, -0.1) is 0 Å². The summed E-state index contributed by atoms with van der Waals surface area (Å²) in [4.78, 5) is 4.12. The first kappa shape index (κ1) is 23.3. The Morgan fingerprint density at radius 1 is 0.448 bits per heavy atom. The van der Waals surface area contributed by atoms with Gasteiger partial charge in [0.05, 0.1) is 10.9 Å². The Hall–Kier alpha value is -1.98. The van der Waals surface area contributed by atoms with Crippen molar-refractivity contribution < 1.29 is 25.2 Å². The molecule has 3 rings (SSSR count). The molecule has 0 fully saturated rings. The summed E-state index contributed by atoms with van der Waals surface area (Å²) in [6, 6.07) is 26.8. The van der Waals surface area contributed by atoms with E-state index in [0.717, 1.165) is 0 Å². The van der Waals surface area contributed by atoms with Crippen molar-refractivity contribution in [2.24, 2.45) is 0 Å². The standard InChI is InChI=1S/C21H21S.F6P/c1-16-4-10-19(11-5-16)22(20-12-6-17(2)7-13-20)21-14-8-18(3)9-15-21;1-7(2,3,4,5)6/h4-15H,1-3H3;/q+1;-1. The average molecular weight is 450 g/mol. The molecule has 158 valence electrons. The number of halogens is 6. The molecule has 8 heteroatoms. The van der Waals surface area contributed by atoms with Gasteiger partial charge in [-0.05, 0) is 57.2 Å². The molecule has 0 atom stereocenters. The van der Waals surface area contributed by atoms with Gasteiger partial charge in [-0.25, -0.2) is 0 Å². The zero-order valence-electron chi connectivity index (χ0n) is 16.1. The molecule has 0 nitrogen and oxygen atoms in total. The van der Waals surface area contributed by atoms with Crippen molar-refractivity contribution in [3.8, 4) is 0 Å². The molecule has 0 bridgehead atoms. The van der Waals surface area contributed by atoms with Crippen molar-refractivity contribution >= 4 is 18.7 Å². The van der Waals surface area contributed by atoms with Gasteiger partial charge in [0.2, 0.25) is 0 Å². The fourth-order valence-corrected chi connectivity index (χ4v) is 4.47. The Morgan fingerprint density at radius 3 is 0.793 bits per heavy atom. The molecule has 0 N–H and O–H groups in total. The summed E-state index contributed by atoms with van der Waals surface area (Å²) in [5.41, 5.74) is 3.92. The summed E-state index contributed by atoms with van der Waals surface area (Å²) in [7, 11) is -10.7. The molecule has 0 aliphatic rings. The van der Waals surface area contributed by atoms with Crippen LogP contribution in [0.25, 0.3) is 0 Å². The van der Waals surface area contributed by atoms with Crippen molar-refractivity contribution in [3.63, 3.8) is 0 Å². The fraction of sp³-hybridized carbons (Fsp3) is 0.143. The second-order valence-electron chi connectivity index (χ2n) is 6.70. The second-order valence-corrected chi connectivity index (χ2v) is 10.6. The van der Waals surface area contributed by atoms with E-state index in [0.29, 0.717) is 0 Å². The van der Waals surface area contributed by atoms with E-state index in [9.17, 15) is 25.2 Å². The molecule has 0 radical (unpaired) electrons. The van der Waals surface area contributed by atoms with Gasteiger partial charge in [0.15, 0.2) is 14.7 Å². The van der Waals surface area contributed by atoms with E-state index in [1.165, 1.54) is 31.4 Å². The molecule has 0 aliphatic heterocycles. The van der Waals surface area contributed by atoms with Gasteiger partial charge < -0.3 is 0 Å². The monoisotopic (exact) mass is 450 g/mol. The van der Waals surface area contributed by atoms with Gasteiger partial charge >= 0.3 is 33.0 Å². The molecule has 0 amide bonds. The van der Waals surface area contributed by atoms with Crippen LogP contribution in [0.1, 0.15) is 16.7 Å². The van der Waals surface area contributed by atoms with Crippen LogP contribution in [0.5, 0.6) is 0 Å². The van der Waals surface area contributed by atoms with Crippen molar-refractivity contribution in [1.29, 1.82) is 0 Å². The molecule has 3 aromatic carbocycles. The van der Waals surface area contributed by atoms with Crippen LogP contribution in [-0.2, 0) is 10.9 Å². The Bertz CT molecular complexity index is 828. The third kappa shape index (κ3) is 9.37. The Kier molecular flexibility index (Phi) is 6.18. The number of hydrogen-bond acceptors (Lipinski definition) is 0. The van der Waals surface area contributed by atoms with E-state index >= 15 is 0 Å². The van der Waals surface area contributed by atoms with Crippen LogP contribution in [0.2, 0.25) is 0 Å². The summed E-state index contributed by atoms with van der Waals surface area (Å²) >= 11 is 0. The Morgan fingerprint density at radius 2 is 0.621 bits per heavy atom. The summed E-state index contributed by atoms with van der Waals surface area (Å²) in [5.74, 6) is 0. The van der Waals surface area contributed by atoms with Crippen LogP contribution < -0.4 is 0 Å². The fourth-order valence-electron chi connectivity index (χ4n) is 2.43. The zero-order chi connectivity index (χ0) is 21.9. The molecular formula is C21H21F6PS. The topological polar surface area (TPSA) is 0 Å². The minimum atomic E-state index is -10.7. The summed E-state index contributed by atoms with van der Waals surface area (Å²) in [5, 5.41) is 0. The summed E-state index contributed by atoms with van der Waals surface area (Å²) in [6.45, 7) is 6.42. The van der Waals surface area contributed by atoms with Crippen LogP contribution >= 0.6 is 7.81 Å². The SMILES string of the molecule is Cc1ccc([S+](c2ccc(C)cc2)c2ccc(C)cc2)cc1.F[P-](F)(F)(F)(F)F. The first-order chi connectivity index (χ1) is 13.1. The maximum absolute atomic E-state index is 10.7. The molecule has 0 aromatic heterocycles. The molecule has 29 heavy (non-hydrogen) atoms. The van der Waals surface area contributed by atoms with Crippen LogP contribution in [0, 0.1) is 20.8 Å². The number of hydrogen-bond donors (Lipinski definition) is 0. The molecule has 3 aromatic rings. The van der Waals surface area contributed by atoms with Crippen molar-refractivity contribution in [1.82, 2.24) is 0 Å². The predicted molar refractivity (Wildman–Crippen MR) is 109 cm³/mol. The van der Waals surface area contributed by atoms with Gasteiger partial charge in [-0.2, -0.15) is 0 Å². The van der Waals surface area contributed by atoms with E-state index in [4.69, 9.17) is 0 Å². The first-order valence-corrected chi connectivity index (χ1v) is 11.8. The van der Waals surface area contributed by atoms with Crippen LogP contribution in [-0.4, -0.2) is 0 Å². The third-order valence-electron chi connectivity index (χ3n) is 3.77. The maximum atomic E-state index is 9.87. The van der Waals surface area contributed by atoms with Crippen LogP contribution in [0.4, 0.5) is 25.2 Å².